The van der Waals surface area contributed by atoms with Gasteiger partial charge in [-0.2, -0.15) is 0 Å². The first-order valence-corrected chi connectivity index (χ1v) is 21.9. The van der Waals surface area contributed by atoms with E-state index in [4.69, 9.17) is 9.47 Å². The van der Waals surface area contributed by atoms with Gasteiger partial charge >= 0.3 is 11.9 Å². The van der Waals surface area contributed by atoms with E-state index in [0.717, 1.165) is 5.56 Å². The van der Waals surface area contributed by atoms with Crippen LogP contribution in [-0.2, 0) is 40.0 Å². The van der Waals surface area contributed by atoms with Gasteiger partial charge in [0.05, 0.1) is 23.9 Å². The number of hydrogen-bond acceptors (Lipinski definition) is 8. The number of rotatable bonds is 17. The van der Waals surface area contributed by atoms with Crippen LogP contribution in [0.25, 0.3) is 6.08 Å². The summed E-state index contributed by atoms with van der Waals surface area (Å²) in [5.74, 6) is -2.39. The lowest BCUT2D eigenvalue weighted by Gasteiger charge is -2.33. The number of esters is 2. The number of ether oxygens (including phenoxy) is 2. The Balaban J connectivity index is 0.000000235. The van der Waals surface area contributed by atoms with Crippen LogP contribution in [0.3, 0.4) is 0 Å². The number of nitrogens with one attached hydrogen (secondary N) is 2. The minimum absolute atomic E-state index is 0.0834. The van der Waals surface area contributed by atoms with Gasteiger partial charge in [-0.15, -0.1) is 0 Å². The van der Waals surface area contributed by atoms with E-state index in [9.17, 15) is 27.6 Å². The second kappa shape index (κ2) is 22.5. The average Bonchev–Trinajstić information content (AvgIpc) is 3.32. The molecule has 2 amide bonds. The third-order valence-corrected chi connectivity index (χ3v) is 11.6. The van der Waals surface area contributed by atoms with E-state index in [1.807, 2.05) is 78.9 Å². The molecule has 6 aromatic rings. The fraction of sp³-hybridized carbons (Fsp3) is 0.176. The zero-order valence-corrected chi connectivity index (χ0v) is 35.5. The first-order valence-electron chi connectivity index (χ1n) is 20.2. The Hall–Kier alpha value is -7.11. The Kier molecular flexibility index (Phi) is 16.7. The van der Waals surface area contributed by atoms with Crippen molar-refractivity contribution in [2.75, 3.05) is 19.0 Å². The molecule has 6 aromatic carbocycles. The summed E-state index contributed by atoms with van der Waals surface area (Å²) in [7, 11) is -3.71. The summed E-state index contributed by atoms with van der Waals surface area (Å²) in [6.07, 6.45) is 3.89. The summed E-state index contributed by atoms with van der Waals surface area (Å²) < 4.78 is 36.7. The molecule has 0 aliphatic rings. The summed E-state index contributed by atoms with van der Waals surface area (Å²) in [5, 5.41) is 5.76. The Bertz CT molecular complexity index is 2490. The van der Waals surface area contributed by atoms with Gasteiger partial charge in [0.15, 0.2) is 20.9 Å². The normalized spacial score (nSPS) is 12.9. The molecule has 2 N–H and O–H groups in total. The van der Waals surface area contributed by atoms with E-state index in [-0.39, 0.29) is 42.6 Å². The number of amides is 2. The zero-order chi connectivity index (χ0) is 44.3. The minimum Gasteiger partial charge on any atom is -0.464 e. The summed E-state index contributed by atoms with van der Waals surface area (Å²) >= 11 is 0. The fourth-order valence-electron chi connectivity index (χ4n) is 6.68. The molecule has 0 saturated heterocycles. The largest absolute Gasteiger partial charge is 0.464 e. The molecule has 2 atom stereocenters. The predicted molar refractivity (Wildman–Crippen MR) is 241 cm³/mol. The van der Waals surface area contributed by atoms with Gasteiger partial charge in [-0.3, -0.25) is 9.59 Å². The number of sulfone groups is 1. The van der Waals surface area contributed by atoms with E-state index in [1.165, 1.54) is 12.1 Å². The summed E-state index contributed by atoms with van der Waals surface area (Å²) in [6.45, 7) is 3.72. The highest BCUT2D eigenvalue weighted by atomic mass is 32.2. The maximum atomic E-state index is 13.3. The lowest BCUT2D eigenvalue weighted by Crippen LogP contribution is -2.53. The van der Waals surface area contributed by atoms with Crippen molar-refractivity contribution in [2.24, 2.45) is 0 Å². The number of carbonyl (C=O) groups excluding carboxylic acids is 4. The third kappa shape index (κ3) is 12.0. The molecule has 0 bridgehead atoms. The van der Waals surface area contributed by atoms with Gasteiger partial charge in [-0.1, -0.05) is 158 Å². The lowest BCUT2D eigenvalue weighted by atomic mass is 9.85. The van der Waals surface area contributed by atoms with Crippen LogP contribution >= 0.6 is 0 Å². The molecule has 0 saturated carbocycles. The van der Waals surface area contributed by atoms with Gasteiger partial charge in [0.1, 0.15) is 0 Å². The second-order valence-electron chi connectivity index (χ2n) is 14.0. The Labute approximate surface area is 363 Å². The summed E-state index contributed by atoms with van der Waals surface area (Å²) in [5.41, 5.74) is -0.0482. The van der Waals surface area contributed by atoms with Gasteiger partial charge in [0.25, 0.3) is 11.8 Å². The molecule has 0 fully saturated rings. The third-order valence-electron chi connectivity index (χ3n) is 9.89. The number of carbonyl (C=O) groups is 4. The second-order valence-corrected chi connectivity index (χ2v) is 16.1. The molecule has 0 heterocycles. The van der Waals surface area contributed by atoms with Crippen LogP contribution in [-0.4, -0.2) is 51.1 Å². The van der Waals surface area contributed by atoms with Gasteiger partial charge in [0.2, 0.25) is 0 Å². The molecule has 6 rings (SSSR count). The van der Waals surface area contributed by atoms with Gasteiger partial charge in [-0.05, 0) is 73.4 Å². The maximum absolute atomic E-state index is 13.3. The van der Waals surface area contributed by atoms with Crippen molar-refractivity contribution in [2.45, 2.75) is 42.7 Å². The van der Waals surface area contributed by atoms with Crippen LogP contribution in [0.2, 0.25) is 0 Å². The van der Waals surface area contributed by atoms with Gasteiger partial charge < -0.3 is 20.1 Å². The first-order chi connectivity index (χ1) is 30.0. The van der Waals surface area contributed by atoms with Crippen molar-refractivity contribution < 1.29 is 37.1 Å². The summed E-state index contributed by atoms with van der Waals surface area (Å²) in [6, 6.07) is 52.9. The van der Waals surface area contributed by atoms with Crippen LogP contribution in [0.15, 0.2) is 193 Å². The highest BCUT2D eigenvalue weighted by Crippen LogP contribution is 2.31. The smallest absolute Gasteiger partial charge is 0.336 e. The molecule has 2 unspecified atom stereocenters. The molecule has 318 valence electrons. The molecule has 11 heteroatoms. The zero-order valence-electron chi connectivity index (χ0n) is 34.7. The molecule has 62 heavy (non-hydrogen) atoms. The maximum Gasteiger partial charge on any atom is 0.336 e. The van der Waals surface area contributed by atoms with Crippen molar-refractivity contribution in [3.63, 3.8) is 0 Å². The first kappa shape index (κ1) is 46.0. The van der Waals surface area contributed by atoms with E-state index in [0.29, 0.717) is 22.3 Å². The fourth-order valence-corrected chi connectivity index (χ4v) is 8.06. The minimum atomic E-state index is -3.71. The molecular weight excluding hydrogens is 801 g/mol. The highest BCUT2D eigenvalue weighted by molar-refractivity contribution is 7.91. The van der Waals surface area contributed by atoms with E-state index in [1.54, 1.807) is 117 Å². The average molecular weight is 851 g/mol. The van der Waals surface area contributed by atoms with Crippen LogP contribution in [0.4, 0.5) is 0 Å². The molecular formula is C51H50N2O8S. The van der Waals surface area contributed by atoms with Crippen molar-refractivity contribution >= 4 is 39.7 Å². The molecule has 0 aliphatic carbocycles. The van der Waals surface area contributed by atoms with Crippen molar-refractivity contribution in [1.82, 2.24) is 10.6 Å². The van der Waals surface area contributed by atoms with Crippen molar-refractivity contribution in [3.05, 3.63) is 216 Å². The van der Waals surface area contributed by atoms with E-state index < -0.39 is 38.8 Å². The molecule has 0 radical (unpaired) electrons. The highest BCUT2D eigenvalue weighted by Gasteiger charge is 2.45. The monoisotopic (exact) mass is 850 g/mol. The van der Waals surface area contributed by atoms with Crippen molar-refractivity contribution in [3.8, 4) is 0 Å². The van der Waals surface area contributed by atoms with Crippen LogP contribution < -0.4 is 10.6 Å². The van der Waals surface area contributed by atoms with E-state index in [2.05, 4.69) is 10.6 Å². The topological polar surface area (TPSA) is 145 Å². The number of benzene rings is 6. The van der Waals surface area contributed by atoms with E-state index >= 15 is 0 Å². The Morgan fingerprint density at radius 2 is 0.887 bits per heavy atom. The van der Waals surface area contributed by atoms with Crippen molar-refractivity contribution in [1.29, 1.82) is 0 Å². The van der Waals surface area contributed by atoms with Crippen LogP contribution in [0, 0.1) is 0 Å². The standard InChI is InChI=1S/C26H25NO3.C25H25NO5S/c1-2-30-25(29)26(23-18-10-5-11-19-23,20-12-15-21-13-6-3-7-14-21)27-24(28)22-16-8-4-9-17-22;1-2-31-24(28)25(21-14-8-4-9-15-21,26-23(27)20-12-6-3-7-13-20)18-19-32(29,30)22-16-10-5-11-17-22/h3-19H,2,20H2,1H3,(H,27,28);3-17H,2,18-19H2,1H3,(H,26,27)/b15-12+;. The SMILES string of the molecule is CCOC(=O)C(C/C=C/c1ccccc1)(NC(=O)c1ccccc1)c1ccccc1.CCOC(=O)C(CCS(=O)(=O)c1ccccc1)(NC(=O)c1ccccc1)c1ccccc1. The van der Waals surface area contributed by atoms with Gasteiger partial charge in [0, 0.05) is 17.5 Å². The quantitative estimate of drug-likeness (QED) is 0.0868. The number of hydrogen-bond donors (Lipinski definition) is 2. The Morgan fingerprint density at radius 3 is 1.34 bits per heavy atom. The molecule has 0 aromatic heterocycles. The lowest BCUT2D eigenvalue weighted by molar-refractivity contribution is -0.152. The van der Waals surface area contributed by atoms with Crippen LogP contribution in [0.1, 0.15) is 64.1 Å². The molecule has 10 nitrogen and oxygen atoms in total. The molecule has 0 spiro atoms. The molecule has 0 aliphatic heterocycles. The predicted octanol–water partition coefficient (Wildman–Crippen LogP) is 8.72. The summed E-state index contributed by atoms with van der Waals surface area (Å²) in [4.78, 5) is 52.7. The van der Waals surface area contributed by atoms with Crippen LogP contribution in [0.5, 0.6) is 0 Å². The van der Waals surface area contributed by atoms with Gasteiger partial charge in [-0.25, -0.2) is 18.0 Å². The Morgan fingerprint density at radius 1 is 0.516 bits per heavy atom.